The van der Waals surface area contributed by atoms with E-state index in [9.17, 15) is 4.79 Å². The highest BCUT2D eigenvalue weighted by atomic mass is 127. The molecule has 0 aromatic heterocycles. The number of hydrogen-bond donors (Lipinski definition) is 2. The smallest absolute Gasteiger partial charge is 0.219 e. The van der Waals surface area contributed by atoms with Crippen molar-refractivity contribution in [2.24, 2.45) is 4.99 Å². The van der Waals surface area contributed by atoms with Gasteiger partial charge in [0.1, 0.15) is 0 Å². The van der Waals surface area contributed by atoms with Crippen LogP contribution >= 0.6 is 24.0 Å². The van der Waals surface area contributed by atoms with Gasteiger partial charge in [-0.25, -0.2) is 0 Å². The van der Waals surface area contributed by atoms with Gasteiger partial charge < -0.3 is 15.5 Å². The first kappa shape index (κ1) is 21.7. The molecule has 1 unspecified atom stereocenters. The number of piperazine rings is 1. The topological polar surface area (TPSA) is 60.0 Å². The Morgan fingerprint density at radius 2 is 1.84 bits per heavy atom. The Hall–Kier alpha value is -1.35. The number of halogens is 1. The summed E-state index contributed by atoms with van der Waals surface area (Å²) < 4.78 is 0. The average molecular weight is 459 g/mol. The molecule has 1 aromatic carbocycles. The Morgan fingerprint density at radius 3 is 2.40 bits per heavy atom. The normalized spacial score (nSPS) is 16.8. The van der Waals surface area contributed by atoms with Crippen molar-refractivity contribution in [2.45, 2.75) is 19.9 Å². The van der Waals surface area contributed by atoms with Gasteiger partial charge in [0.25, 0.3) is 0 Å². The molecule has 0 saturated carbocycles. The number of benzene rings is 1. The van der Waals surface area contributed by atoms with Crippen LogP contribution < -0.4 is 10.6 Å². The second kappa shape index (κ2) is 11.3. The second-order valence-corrected chi connectivity index (χ2v) is 6.12. The van der Waals surface area contributed by atoms with Crippen LogP contribution in [-0.2, 0) is 4.79 Å². The maximum atomic E-state index is 11.3. The highest BCUT2D eigenvalue weighted by Crippen LogP contribution is 2.10. The van der Waals surface area contributed by atoms with Gasteiger partial charge >= 0.3 is 0 Å². The van der Waals surface area contributed by atoms with E-state index >= 15 is 0 Å². The number of nitrogens with zero attached hydrogens (tertiary/aromatic N) is 3. The van der Waals surface area contributed by atoms with Crippen LogP contribution in [0, 0.1) is 0 Å². The summed E-state index contributed by atoms with van der Waals surface area (Å²) in [6.07, 6.45) is 0. The third-order valence-electron chi connectivity index (χ3n) is 4.41. The van der Waals surface area contributed by atoms with Gasteiger partial charge in [-0.15, -0.1) is 24.0 Å². The van der Waals surface area contributed by atoms with Crippen molar-refractivity contribution in [3.05, 3.63) is 35.9 Å². The van der Waals surface area contributed by atoms with Crippen molar-refractivity contribution < 1.29 is 4.79 Å². The van der Waals surface area contributed by atoms with Crippen LogP contribution in [0.4, 0.5) is 0 Å². The van der Waals surface area contributed by atoms with E-state index in [0.717, 1.165) is 45.2 Å². The molecular formula is C18H30IN5O. The van der Waals surface area contributed by atoms with E-state index in [1.54, 1.807) is 14.0 Å². The summed E-state index contributed by atoms with van der Waals surface area (Å²) in [5, 5.41) is 6.78. The summed E-state index contributed by atoms with van der Waals surface area (Å²) in [6, 6.07) is 10.5. The van der Waals surface area contributed by atoms with Crippen LogP contribution in [-0.4, -0.2) is 68.0 Å². The molecule has 0 bridgehead atoms. The summed E-state index contributed by atoms with van der Waals surface area (Å²) in [5.74, 6) is 0.987. The molecular weight excluding hydrogens is 429 g/mol. The fraction of sp³-hybridized carbons (Fsp3) is 0.556. The average Bonchev–Trinajstić information content (AvgIpc) is 2.61. The zero-order valence-electron chi connectivity index (χ0n) is 15.4. The third kappa shape index (κ3) is 7.19. The van der Waals surface area contributed by atoms with Gasteiger partial charge in [-0.3, -0.25) is 14.7 Å². The van der Waals surface area contributed by atoms with E-state index in [2.05, 4.69) is 39.6 Å². The molecule has 1 aliphatic rings. The van der Waals surface area contributed by atoms with Crippen LogP contribution in [0.5, 0.6) is 0 Å². The van der Waals surface area contributed by atoms with Gasteiger partial charge in [-0.1, -0.05) is 30.3 Å². The van der Waals surface area contributed by atoms with Crippen LogP contribution in [0.25, 0.3) is 0 Å². The minimum Gasteiger partial charge on any atom is -0.355 e. The lowest BCUT2D eigenvalue weighted by molar-refractivity contribution is -0.130. The van der Waals surface area contributed by atoms with Crippen LogP contribution in [0.15, 0.2) is 35.3 Å². The molecule has 0 radical (unpaired) electrons. The maximum absolute atomic E-state index is 11.3. The molecule has 1 amide bonds. The summed E-state index contributed by atoms with van der Waals surface area (Å²) in [5.41, 5.74) is 1.24. The van der Waals surface area contributed by atoms with Crippen molar-refractivity contribution in [3.8, 4) is 0 Å². The zero-order valence-corrected chi connectivity index (χ0v) is 17.7. The maximum Gasteiger partial charge on any atom is 0.219 e. The van der Waals surface area contributed by atoms with Crippen LogP contribution in [0.2, 0.25) is 0 Å². The molecule has 2 N–H and O–H groups in total. The quantitative estimate of drug-likeness (QED) is 0.400. The molecule has 1 atom stereocenters. The SMILES string of the molecule is CN=C(NCCN1CCN(C(C)=O)CC1)NC(C)c1ccccc1.I. The first-order valence-corrected chi connectivity index (χ1v) is 8.60. The summed E-state index contributed by atoms with van der Waals surface area (Å²) >= 11 is 0. The van der Waals surface area contributed by atoms with Crippen molar-refractivity contribution >= 4 is 35.8 Å². The molecule has 1 fully saturated rings. The number of aliphatic imine (C=N–C) groups is 1. The van der Waals surface area contributed by atoms with Gasteiger partial charge in [0, 0.05) is 53.2 Å². The highest BCUT2D eigenvalue weighted by Gasteiger charge is 2.18. The first-order chi connectivity index (χ1) is 11.6. The van der Waals surface area contributed by atoms with Gasteiger partial charge in [0.15, 0.2) is 5.96 Å². The molecule has 0 aliphatic carbocycles. The molecule has 1 saturated heterocycles. The van der Waals surface area contributed by atoms with E-state index < -0.39 is 0 Å². The Bertz CT molecular complexity index is 544. The van der Waals surface area contributed by atoms with Crippen molar-refractivity contribution in [2.75, 3.05) is 46.3 Å². The van der Waals surface area contributed by atoms with E-state index in [1.165, 1.54) is 5.56 Å². The fourth-order valence-electron chi connectivity index (χ4n) is 2.84. The van der Waals surface area contributed by atoms with Gasteiger partial charge in [0.2, 0.25) is 5.91 Å². The number of amides is 1. The Labute approximate surface area is 168 Å². The predicted molar refractivity (Wildman–Crippen MR) is 113 cm³/mol. The summed E-state index contributed by atoms with van der Waals surface area (Å²) in [6.45, 7) is 9.08. The number of nitrogens with one attached hydrogen (secondary N) is 2. The Balaban J connectivity index is 0.00000312. The fourth-order valence-corrected chi connectivity index (χ4v) is 2.84. The molecule has 7 heteroatoms. The zero-order chi connectivity index (χ0) is 17.4. The van der Waals surface area contributed by atoms with Crippen LogP contribution in [0.1, 0.15) is 25.5 Å². The lowest BCUT2D eigenvalue weighted by Gasteiger charge is -2.34. The highest BCUT2D eigenvalue weighted by molar-refractivity contribution is 14.0. The lowest BCUT2D eigenvalue weighted by Crippen LogP contribution is -2.50. The van der Waals surface area contributed by atoms with E-state index in [-0.39, 0.29) is 35.9 Å². The standard InChI is InChI=1S/C18H29N5O.HI/c1-15(17-7-5-4-6-8-17)21-18(19-3)20-9-10-22-11-13-23(14-12-22)16(2)24;/h4-8,15H,9-14H2,1-3H3,(H2,19,20,21);1H. The first-order valence-electron chi connectivity index (χ1n) is 8.60. The molecule has 6 nitrogen and oxygen atoms in total. The van der Waals surface area contributed by atoms with E-state index in [1.807, 2.05) is 23.1 Å². The minimum atomic E-state index is 0. The second-order valence-electron chi connectivity index (χ2n) is 6.12. The van der Waals surface area contributed by atoms with E-state index in [0.29, 0.717) is 0 Å². The number of rotatable bonds is 5. The molecule has 2 rings (SSSR count). The Morgan fingerprint density at radius 1 is 1.20 bits per heavy atom. The van der Waals surface area contributed by atoms with Gasteiger partial charge in [0.05, 0.1) is 6.04 Å². The number of guanidine groups is 1. The lowest BCUT2D eigenvalue weighted by atomic mass is 10.1. The van der Waals surface area contributed by atoms with Crippen molar-refractivity contribution in [1.82, 2.24) is 20.4 Å². The minimum absolute atomic E-state index is 0. The number of carbonyl (C=O) groups is 1. The molecule has 1 aliphatic heterocycles. The van der Waals surface area contributed by atoms with Gasteiger partial charge in [-0.2, -0.15) is 0 Å². The molecule has 25 heavy (non-hydrogen) atoms. The predicted octanol–water partition coefficient (Wildman–Crippen LogP) is 1.69. The monoisotopic (exact) mass is 459 g/mol. The van der Waals surface area contributed by atoms with E-state index in [4.69, 9.17) is 0 Å². The van der Waals surface area contributed by atoms with Gasteiger partial charge in [-0.05, 0) is 12.5 Å². The molecule has 1 aromatic rings. The number of hydrogen-bond acceptors (Lipinski definition) is 3. The van der Waals surface area contributed by atoms with Crippen LogP contribution in [0.3, 0.4) is 0 Å². The molecule has 140 valence electrons. The number of carbonyl (C=O) groups excluding carboxylic acids is 1. The third-order valence-corrected chi connectivity index (χ3v) is 4.41. The molecule has 1 heterocycles. The van der Waals surface area contributed by atoms with Crippen molar-refractivity contribution in [1.29, 1.82) is 0 Å². The summed E-state index contributed by atoms with van der Waals surface area (Å²) in [4.78, 5) is 19.9. The molecule has 0 spiro atoms. The summed E-state index contributed by atoms with van der Waals surface area (Å²) in [7, 11) is 1.79. The largest absolute Gasteiger partial charge is 0.355 e. The Kier molecular flexibility index (Phi) is 9.81. The van der Waals surface area contributed by atoms with Crippen molar-refractivity contribution in [3.63, 3.8) is 0 Å².